The summed E-state index contributed by atoms with van der Waals surface area (Å²) >= 11 is 0. The molecule has 8 heteroatoms. The molecular weight excluding hydrogens is 336 g/mol. The highest BCUT2D eigenvalue weighted by Crippen LogP contribution is 2.06. The Bertz CT molecular complexity index is 592. The van der Waals surface area contributed by atoms with E-state index in [2.05, 4.69) is 10.6 Å². The zero-order valence-electron chi connectivity index (χ0n) is 15.0. The Balaban J connectivity index is 2.78. The van der Waals surface area contributed by atoms with Crippen molar-refractivity contribution in [1.82, 2.24) is 10.6 Å². The molecule has 0 saturated heterocycles. The number of hydrogen-bond donors (Lipinski definition) is 5. The van der Waals surface area contributed by atoms with Crippen molar-refractivity contribution in [1.29, 1.82) is 0 Å². The minimum absolute atomic E-state index is 0.151. The van der Waals surface area contributed by atoms with E-state index in [1.165, 1.54) is 6.92 Å². The Hall–Kier alpha value is -2.45. The van der Waals surface area contributed by atoms with E-state index in [-0.39, 0.29) is 6.42 Å². The van der Waals surface area contributed by atoms with Crippen LogP contribution in [0.25, 0.3) is 0 Å². The minimum Gasteiger partial charge on any atom is -0.480 e. The Morgan fingerprint density at radius 3 is 2.19 bits per heavy atom. The van der Waals surface area contributed by atoms with Gasteiger partial charge in [0.05, 0.1) is 6.04 Å². The summed E-state index contributed by atoms with van der Waals surface area (Å²) in [5.74, 6) is -2.14. The van der Waals surface area contributed by atoms with Crippen LogP contribution in [0, 0.1) is 0 Å². The molecule has 26 heavy (non-hydrogen) atoms. The molecule has 0 aromatic heterocycles. The number of nitrogens with two attached hydrogens (primary N) is 2. The molecule has 1 rings (SSSR count). The highest BCUT2D eigenvalue weighted by molar-refractivity contribution is 5.91. The third kappa shape index (κ3) is 7.62. The Morgan fingerprint density at radius 1 is 1.04 bits per heavy atom. The molecule has 3 unspecified atom stereocenters. The van der Waals surface area contributed by atoms with Gasteiger partial charge in [-0.25, -0.2) is 4.79 Å². The lowest BCUT2D eigenvalue weighted by molar-refractivity contribution is -0.142. The summed E-state index contributed by atoms with van der Waals surface area (Å²) in [5, 5.41) is 14.5. The predicted molar refractivity (Wildman–Crippen MR) is 98.2 cm³/mol. The van der Waals surface area contributed by atoms with Gasteiger partial charge in [0.15, 0.2) is 0 Å². The smallest absolute Gasteiger partial charge is 0.326 e. The van der Waals surface area contributed by atoms with Gasteiger partial charge in [-0.15, -0.1) is 0 Å². The fourth-order valence-electron chi connectivity index (χ4n) is 2.39. The Kier molecular flexibility index (Phi) is 9.32. The van der Waals surface area contributed by atoms with Crippen LogP contribution in [0.5, 0.6) is 0 Å². The van der Waals surface area contributed by atoms with Crippen LogP contribution in [0.2, 0.25) is 0 Å². The first kappa shape index (κ1) is 21.6. The van der Waals surface area contributed by atoms with Crippen LogP contribution in [0.15, 0.2) is 30.3 Å². The van der Waals surface area contributed by atoms with Gasteiger partial charge >= 0.3 is 5.97 Å². The van der Waals surface area contributed by atoms with Crippen LogP contribution in [0.4, 0.5) is 0 Å². The van der Waals surface area contributed by atoms with E-state index in [0.29, 0.717) is 25.8 Å². The van der Waals surface area contributed by atoms with Crippen molar-refractivity contribution in [2.24, 2.45) is 11.5 Å². The van der Waals surface area contributed by atoms with Gasteiger partial charge in [0.2, 0.25) is 11.8 Å². The second-order valence-electron chi connectivity index (χ2n) is 6.22. The zero-order valence-corrected chi connectivity index (χ0v) is 15.0. The van der Waals surface area contributed by atoms with Crippen molar-refractivity contribution >= 4 is 17.8 Å². The van der Waals surface area contributed by atoms with Gasteiger partial charge in [-0.3, -0.25) is 9.59 Å². The second-order valence-corrected chi connectivity index (χ2v) is 6.22. The molecule has 3 atom stereocenters. The lowest BCUT2D eigenvalue weighted by atomic mass is 10.0. The third-order valence-electron chi connectivity index (χ3n) is 3.89. The van der Waals surface area contributed by atoms with Crippen molar-refractivity contribution in [3.8, 4) is 0 Å². The monoisotopic (exact) mass is 364 g/mol. The van der Waals surface area contributed by atoms with Crippen LogP contribution in [-0.4, -0.2) is 47.6 Å². The topological polar surface area (TPSA) is 148 Å². The number of rotatable bonds is 11. The fourth-order valence-corrected chi connectivity index (χ4v) is 2.39. The van der Waals surface area contributed by atoms with Crippen LogP contribution in [-0.2, 0) is 20.8 Å². The molecule has 7 N–H and O–H groups in total. The number of unbranched alkanes of at least 4 members (excludes halogenated alkanes) is 1. The van der Waals surface area contributed by atoms with Crippen molar-refractivity contribution in [3.63, 3.8) is 0 Å². The van der Waals surface area contributed by atoms with E-state index in [1.807, 2.05) is 6.07 Å². The molecule has 0 aliphatic heterocycles. The molecule has 0 radical (unpaired) electrons. The molecule has 1 aromatic carbocycles. The summed E-state index contributed by atoms with van der Waals surface area (Å²) in [6.45, 7) is 1.99. The maximum absolute atomic E-state index is 12.5. The van der Waals surface area contributed by atoms with Crippen molar-refractivity contribution in [2.45, 2.75) is 50.7 Å². The highest BCUT2D eigenvalue weighted by atomic mass is 16.4. The predicted octanol–water partition coefficient (Wildman–Crippen LogP) is -0.240. The lowest BCUT2D eigenvalue weighted by Crippen LogP contribution is -2.54. The first-order valence-corrected chi connectivity index (χ1v) is 8.68. The quantitative estimate of drug-likeness (QED) is 0.342. The molecule has 0 aliphatic rings. The second kappa shape index (κ2) is 11.2. The molecule has 1 aromatic rings. The summed E-state index contributed by atoms with van der Waals surface area (Å²) in [6.07, 6.45) is 1.84. The average molecular weight is 364 g/mol. The van der Waals surface area contributed by atoms with Crippen molar-refractivity contribution < 1.29 is 19.5 Å². The van der Waals surface area contributed by atoms with Gasteiger partial charge in [-0.1, -0.05) is 30.3 Å². The molecule has 8 nitrogen and oxygen atoms in total. The number of carboxylic acids is 1. The SMILES string of the molecule is CC(N)C(=O)NC(CCCCN)C(=O)NC(Cc1ccccc1)C(=O)O. The zero-order chi connectivity index (χ0) is 19.5. The summed E-state index contributed by atoms with van der Waals surface area (Å²) < 4.78 is 0. The Labute approximate surface area is 153 Å². The molecule has 0 fully saturated rings. The van der Waals surface area contributed by atoms with Gasteiger partial charge in [0.25, 0.3) is 0 Å². The van der Waals surface area contributed by atoms with Crippen LogP contribution in [0.3, 0.4) is 0 Å². The van der Waals surface area contributed by atoms with E-state index in [9.17, 15) is 19.5 Å². The average Bonchev–Trinajstić information content (AvgIpc) is 2.60. The number of benzene rings is 1. The van der Waals surface area contributed by atoms with Gasteiger partial charge in [-0.2, -0.15) is 0 Å². The molecule has 0 aliphatic carbocycles. The first-order chi connectivity index (χ1) is 12.3. The molecule has 2 amide bonds. The van der Waals surface area contributed by atoms with E-state index in [4.69, 9.17) is 11.5 Å². The molecule has 0 bridgehead atoms. The largest absolute Gasteiger partial charge is 0.480 e. The number of nitrogens with one attached hydrogen (secondary N) is 2. The van der Waals surface area contributed by atoms with E-state index in [0.717, 1.165) is 5.56 Å². The van der Waals surface area contributed by atoms with Gasteiger partial charge in [0, 0.05) is 6.42 Å². The number of aliphatic carboxylic acids is 1. The number of amides is 2. The van der Waals surface area contributed by atoms with E-state index in [1.54, 1.807) is 24.3 Å². The third-order valence-corrected chi connectivity index (χ3v) is 3.89. The van der Waals surface area contributed by atoms with Gasteiger partial charge < -0.3 is 27.2 Å². The fraction of sp³-hybridized carbons (Fsp3) is 0.500. The molecule has 144 valence electrons. The number of carbonyl (C=O) groups is 3. The van der Waals surface area contributed by atoms with E-state index >= 15 is 0 Å². The maximum atomic E-state index is 12.5. The van der Waals surface area contributed by atoms with E-state index < -0.39 is 35.9 Å². The summed E-state index contributed by atoms with van der Waals surface area (Å²) in [4.78, 5) is 35.9. The number of hydrogen-bond acceptors (Lipinski definition) is 5. The Morgan fingerprint density at radius 2 is 1.65 bits per heavy atom. The van der Waals surface area contributed by atoms with Crippen LogP contribution >= 0.6 is 0 Å². The molecular formula is C18H28N4O4. The number of carbonyl (C=O) groups excluding carboxylic acids is 2. The molecule has 0 spiro atoms. The van der Waals surface area contributed by atoms with Crippen LogP contribution < -0.4 is 22.1 Å². The van der Waals surface area contributed by atoms with Crippen molar-refractivity contribution in [3.05, 3.63) is 35.9 Å². The summed E-state index contributed by atoms with van der Waals surface area (Å²) in [6, 6.07) is 6.31. The summed E-state index contributed by atoms with van der Waals surface area (Å²) in [5.41, 5.74) is 11.8. The van der Waals surface area contributed by atoms with Crippen molar-refractivity contribution in [2.75, 3.05) is 6.54 Å². The molecule has 0 saturated carbocycles. The van der Waals surface area contributed by atoms with Crippen LogP contribution in [0.1, 0.15) is 31.7 Å². The standard InChI is InChI=1S/C18H28N4O4/c1-12(20)16(23)21-14(9-5-6-10-19)17(24)22-15(18(25)26)11-13-7-3-2-4-8-13/h2-4,7-8,12,14-15H,5-6,9-11,19-20H2,1H3,(H,21,23)(H,22,24)(H,25,26). The lowest BCUT2D eigenvalue weighted by Gasteiger charge is -2.22. The first-order valence-electron chi connectivity index (χ1n) is 8.68. The molecule has 0 heterocycles. The van der Waals surface area contributed by atoms with Gasteiger partial charge in [-0.05, 0) is 38.3 Å². The van der Waals surface area contributed by atoms with Gasteiger partial charge in [0.1, 0.15) is 12.1 Å². The number of carboxylic acid groups (broad SMARTS) is 1. The highest BCUT2D eigenvalue weighted by Gasteiger charge is 2.27. The summed E-state index contributed by atoms with van der Waals surface area (Å²) in [7, 11) is 0. The maximum Gasteiger partial charge on any atom is 0.326 e. The normalized spacial score (nSPS) is 14.1. The minimum atomic E-state index is -1.14.